The molecule has 0 bridgehead atoms. The van der Waals surface area contributed by atoms with Crippen molar-refractivity contribution in [2.45, 2.75) is 45.6 Å². The van der Waals surface area contributed by atoms with Crippen molar-refractivity contribution >= 4 is 35.5 Å². The van der Waals surface area contributed by atoms with Crippen LogP contribution in [0.3, 0.4) is 0 Å². The van der Waals surface area contributed by atoms with E-state index in [9.17, 15) is 4.79 Å². The zero-order chi connectivity index (χ0) is 20.5. The first-order chi connectivity index (χ1) is 14.2. The lowest BCUT2D eigenvalue weighted by Crippen LogP contribution is -2.25. The van der Waals surface area contributed by atoms with Crippen LogP contribution in [0.2, 0.25) is 0 Å². The van der Waals surface area contributed by atoms with E-state index in [0.717, 1.165) is 47.0 Å². The first-order valence-corrected chi connectivity index (χ1v) is 11.4. The zero-order valence-corrected chi connectivity index (χ0v) is 18.2. The van der Waals surface area contributed by atoms with Crippen molar-refractivity contribution in [3.63, 3.8) is 0 Å². The van der Waals surface area contributed by atoms with Crippen LogP contribution in [-0.2, 0) is 4.74 Å². The Bertz CT molecular complexity index is 802. The van der Waals surface area contributed by atoms with Crippen LogP contribution in [0.25, 0.3) is 12.2 Å². The zero-order valence-electron chi connectivity index (χ0n) is 17.4. The molecule has 1 aromatic carbocycles. The van der Waals surface area contributed by atoms with Crippen molar-refractivity contribution in [1.29, 1.82) is 0 Å². The Balaban J connectivity index is 1.81. The molecule has 0 saturated carbocycles. The van der Waals surface area contributed by atoms with Crippen molar-refractivity contribution in [3.8, 4) is 5.75 Å². The van der Waals surface area contributed by atoms with Gasteiger partial charge in [-0.05, 0) is 49.3 Å². The lowest BCUT2D eigenvalue weighted by molar-refractivity contribution is 0.112. The van der Waals surface area contributed by atoms with Gasteiger partial charge in [0.15, 0.2) is 6.29 Å². The summed E-state index contributed by atoms with van der Waals surface area (Å²) in [6.45, 7) is 7.98. The average molecular weight is 414 g/mol. The smallest absolute Gasteiger partial charge is 0.160 e. The predicted molar refractivity (Wildman–Crippen MR) is 122 cm³/mol. The minimum Gasteiger partial charge on any atom is -0.490 e. The van der Waals surface area contributed by atoms with Crippen molar-refractivity contribution in [2.75, 3.05) is 31.2 Å². The summed E-state index contributed by atoms with van der Waals surface area (Å²) in [4.78, 5) is 15.2. The Labute approximate surface area is 178 Å². The normalized spacial score (nSPS) is 15.6. The maximum Gasteiger partial charge on any atom is 0.160 e. The van der Waals surface area contributed by atoms with Crippen LogP contribution >= 0.6 is 11.3 Å². The quantitative estimate of drug-likeness (QED) is 0.302. The van der Waals surface area contributed by atoms with Gasteiger partial charge in [0.2, 0.25) is 0 Å². The molecule has 1 atom stereocenters. The van der Waals surface area contributed by atoms with E-state index in [-0.39, 0.29) is 6.10 Å². The molecule has 0 radical (unpaired) electrons. The summed E-state index contributed by atoms with van der Waals surface area (Å²) in [5, 5.41) is 0. The molecular weight excluding hydrogens is 382 g/mol. The first-order valence-electron chi connectivity index (χ1n) is 10.6. The fourth-order valence-electron chi connectivity index (χ4n) is 3.09. The van der Waals surface area contributed by atoms with E-state index in [1.54, 1.807) is 0 Å². The Morgan fingerprint density at radius 2 is 1.83 bits per heavy atom. The van der Waals surface area contributed by atoms with Crippen LogP contribution in [0.1, 0.15) is 59.6 Å². The molecule has 1 aliphatic heterocycles. The molecule has 0 aliphatic carbocycles. The highest BCUT2D eigenvalue weighted by Gasteiger charge is 2.23. The lowest BCUT2D eigenvalue weighted by Gasteiger charge is -2.25. The minimum absolute atomic E-state index is 0.221. The predicted octanol–water partition coefficient (Wildman–Crippen LogP) is 5.92. The molecule has 1 aromatic heterocycles. The van der Waals surface area contributed by atoms with Gasteiger partial charge in [0.25, 0.3) is 0 Å². The third kappa shape index (κ3) is 6.72. The highest BCUT2D eigenvalue weighted by Crippen LogP contribution is 2.30. The molecular formula is C24H31NO3S. The van der Waals surface area contributed by atoms with E-state index in [1.807, 2.05) is 18.2 Å². The van der Waals surface area contributed by atoms with Gasteiger partial charge in [0.1, 0.15) is 18.5 Å². The van der Waals surface area contributed by atoms with E-state index < -0.39 is 0 Å². The number of epoxide rings is 1. The van der Waals surface area contributed by atoms with E-state index >= 15 is 0 Å². The highest BCUT2D eigenvalue weighted by molar-refractivity contribution is 7.14. The summed E-state index contributed by atoms with van der Waals surface area (Å²) in [6.07, 6.45) is 9.98. The van der Waals surface area contributed by atoms with Gasteiger partial charge >= 0.3 is 0 Å². The van der Waals surface area contributed by atoms with Gasteiger partial charge in [-0.1, -0.05) is 26.7 Å². The van der Waals surface area contributed by atoms with Crippen LogP contribution in [0, 0.1) is 0 Å². The van der Waals surface area contributed by atoms with Gasteiger partial charge in [-0.2, -0.15) is 0 Å². The highest BCUT2D eigenvalue weighted by atomic mass is 32.1. The molecule has 156 valence electrons. The second-order valence-corrected chi connectivity index (χ2v) is 8.52. The van der Waals surface area contributed by atoms with Gasteiger partial charge in [0, 0.05) is 35.3 Å². The Hall–Kier alpha value is -2.11. The Kier molecular flexibility index (Phi) is 8.32. The van der Waals surface area contributed by atoms with Crippen molar-refractivity contribution in [1.82, 2.24) is 0 Å². The van der Waals surface area contributed by atoms with Crippen LogP contribution in [0.5, 0.6) is 5.75 Å². The fourth-order valence-corrected chi connectivity index (χ4v) is 3.82. The van der Waals surface area contributed by atoms with Gasteiger partial charge in [-0.15, -0.1) is 11.3 Å². The number of ether oxygens (including phenoxy) is 2. The largest absolute Gasteiger partial charge is 0.490 e. The molecule has 2 heterocycles. The van der Waals surface area contributed by atoms with Crippen LogP contribution in [0.4, 0.5) is 5.69 Å². The molecule has 2 aromatic rings. The summed E-state index contributed by atoms with van der Waals surface area (Å²) in [5.74, 6) is 0.888. The summed E-state index contributed by atoms with van der Waals surface area (Å²) in [5.41, 5.74) is 2.26. The third-order valence-electron chi connectivity index (χ3n) is 4.94. The molecule has 0 spiro atoms. The van der Waals surface area contributed by atoms with Crippen LogP contribution < -0.4 is 9.64 Å². The molecule has 4 nitrogen and oxygen atoms in total. The molecule has 0 amide bonds. The van der Waals surface area contributed by atoms with Crippen LogP contribution in [0.15, 0.2) is 30.3 Å². The summed E-state index contributed by atoms with van der Waals surface area (Å²) in [6, 6.07) is 10.3. The maximum absolute atomic E-state index is 10.9. The number of rotatable bonds is 13. The van der Waals surface area contributed by atoms with Crippen molar-refractivity contribution < 1.29 is 14.3 Å². The number of thiophene rings is 1. The van der Waals surface area contributed by atoms with Gasteiger partial charge < -0.3 is 14.4 Å². The number of hydrogen-bond donors (Lipinski definition) is 0. The second kappa shape index (κ2) is 11.2. The molecule has 1 fully saturated rings. The third-order valence-corrected chi connectivity index (χ3v) is 5.92. The van der Waals surface area contributed by atoms with E-state index in [0.29, 0.717) is 6.61 Å². The lowest BCUT2D eigenvalue weighted by atomic mass is 10.1. The molecule has 0 N–H and O–H groups in total. The van der Waals surface area contributed by atoms with Crippen molar-refractivity contribution in [2.24, 2.45) is 0 Å². The molecule has 1 saturated heterocycles. The number of nitrogens with zero attached hydrogens (tertiary/aromatic N) is 1. The number of carbonyl (C=O) groups is 1. The number of anilines is 1. The monoisotopic (exact) mass is 413 g/mol. The Morgan fingerprint density at radius 1 is 1.10 bits per heavy atom. The fraction of sp³-hybridized carbons (Fsp3) is 0.458. The van der Waals surface area contributed by atoms with Gasteiger partial charge in [0.05, 0.1) is 11.5 Å². The van der Waals surface area contributed by atoms with E-state index in [1.165, 1.54) is 42.7 Å². The number of unbranched alkanes of at least 4 members (excludes halogenated alkanes) is 2. The summed E-state index contributed by atoms with van der Waals surface area (Å²) in [7, 11) is 0. The van der Waals surface area contributed by atoms with Crippen LogP contribution in [-0.4, -0.2) is 38.7 Å². The molecule has 1 unspecified atom stereocenters. The maximum atomic E-state index is 10.9. The minimum atomic E-state index is 0.221. The van der Waals surface area contributed by atoms with E-state index in [2.05, 4.69) is 43.0 Å². The summed E-state index contributed by atoms with van der Waals surface area (Å²) < 4.78 is 11.4. The van der Waals surface area contributed by atoms with Crippen molar-refractivity contribution in [3.05, 3.63) is 45.6 Å². The number of aldehydes is 1. The van der Waals surface area contributed by atoms with E-state index in [4.69, 9.17) is 9.47 Å². The average Bonchev–Trinajstić information content (AvgIpc) is 3.47. The molecule has 29 heavy (non-hydrogen) atoms. The molecule has 5 heteroatoms. The standard InChI is InChI=1S/C24H31NO3S/c1-3-5-13-25(14-6-4-2)20-9-7-19(24(15-20)28-18-21-17-27-21)8-10-22-11-12-23(16-26)29-22/h7-12,15-16,21H,3-6,13-14,17-18H2,1-2H3. The summed E-state index contributed by atoms with van der Waals surface area (Å²) >= 11 is 1.49. The van der Waals surface area contributed by atoms with Gasteiger partial charge in [-0.3, -0.25) is 4.79 Å². The topological polar surface area (TPSA) is 42.1 Å². The SMILES string of the molecule is CCCCN(CCCC)c1ccc(C=Cc2ccc(C=O)s2)c(OCC2CO2)c1. The second-order valence-electron chi connectivity index (χ2n) is 7.37. The number of hydrogen-bond acceptors (Lipinski definition) is 5. The number of benzene rings is 1. The molecule has 1 aliphatic rings. The molecule has 3 rings (SSSR count). The first kappa shape index (κ1) is 21.6. The van der Waals surface area contributed by atoms with Gasteiger partial charge in [-0.25, -0.2) is 0 Å². The Morgan fingerprint density at radius 3 is 2.45 bits per heavy atom. The number of carbonyl (C=O) groups excluding carboxylic acids is 1.